The van der Waals surface area contributed by atoms with Gasteiger partial charge in [0.1, 0.15) is 0 Å². The van der Waals surface area contributed by atoms with Crippen molar-refractivity contribution in [1.29, 1.82) is 0 Å². The van der Waals surface area contributed by atoms with Gasteiger partial charge in [-0.05, 0) is 37.3 Å². The molecule has 1 rings (SSSR count). The summed E-state index contributed by atoms with van der Waals surface area (Å²) in [5.74, 6) is 0.0948. The van der Waals surface area contributed by atoms with E-state index < -0.39 is 6.16 Å². The number of guanidine groups is 1. The Morgan fingerprint density at radius 2 is 1.42 bits per heavy atom. The molecule has 1 aliphatic heterocycles. The lowest BCUT2D eigenvalue weighted by atomic mass is 10.1. The zero-order chi connectivity index (χ0) is 18.9. The van der Waals surface area contributed by atoms with E-state index in [1.807, 2.05) is 0 Å². The predicted molar refractivity (Wildman–Crippen MR) is 105 cm³/mol. The Bertz CT molecular complexity index is 425. The molecule has 0 fully saturated rings. The van der Waals surface area contributed by atoms with E-state index in [-0.39, 0.29) is 5.96 Å². The fourth-order valence-electron chi connectivity index (χ4n) is 2.95. The maximum absolute atomic E-state index is 10.9. The molecule has 0 spiro atoms. The molecule has 0 saturated heterocycles. The van der Waals surface area contributed by atoms with Crippen LogP contribution in [-0.2, 0) is 9.68 Å². The summed E-state index contributed by atoms with van der Waals surface area (Å²) < 4.78 is 0. The highest BCUT2D eigenvalue weighted by Crippen LogP contribution is 2.11. The number of allylic oxidation sites excluding steroid dienone is 2. The molecule has 1 heterocycles. The van der Waals surface area contributed by atoms with Crippen molar-refractivity contribution in [3.63, 3.8) is 0 Å². The second kappa shape index (κ2) is 15.5. The van der Waals surface area contributed by atoms with Crippen LogP contribution in [0.4, 0.5) is 4.79 Å². The molecule has 0 aromatic rings. The molecule has 0 amide bonds. The molecule has 0 saturated carbocycles. The van der Waals surface area contributed by atoms with Crippen LogP contribution in [0.15, 0.2) is 17.3 Å². The van der Waals surface area contributed by atoms with E-state index in [1.54, 1.807) is 0 Å². The minimum Gasteiger partial charge on any atom is -0.365 e. The fourth-order valence-corrected chi connectivity index (χ4v) is 2.95. The molecule has 0 aromatic heterocycles. The second-order valence-electron chi connectivity index (χ2n) is 6.92. The highest BCUT2D eigenvalue weighted by Gasteiger charge is 2.21. The summed E-state index contributed by atoms with van der Waals surface area (Å²) in [4.78, 5) is 20.1. The minimum atomic E-state index is -0.830. The summed E-state index contributed by atoms with van der Waals surface area (Å²) in [7, 11) is 0. The Morgan fingerprint density at radius 1 is 0.885 bits per heavy atom. The summed E-state index contributed by atoms with van der Waals surface area (Å²) >= 11 is 0. The Labute approximate surface area is 158 Å². The van der Waals surface area contributed by atoms with Crippen molar-refractivity contribution in [3.05, 3.63) is 12.2 Å². The Kier molecular flexibility index (Phi) is 13.3. The molecule has 0 unspecified atom stereocenters. The molecular weight excluding hydrogens is 330 g/mol. The molecule has 0 aliphatic carbocycles. The summed E-state index contributed by atoms with van der Waals surface area (Å²) in [5, 5.41) is 4.72. The van der Waals surface area contributed by atoms with Gasteiger partial charge in [0.2, 0.25) is 0 Å². The number of nitrogens with two attached hydrogens (primary N) is 1. The van der Waals surface area contributed by atoms with E-state index in [1.165, 1.54) is 82.1 Å². The number of hydrogen-bond acceptors (Lipinski definition) is 6. The van der Waals surface area contributed by atoms with Crippen LogP contribution in [-0.4, -0.2) is 23.7 Å². The lowest BCUT2D eigenvalue weighted by Gasteiger charge is -2.22. The monoisotopic (exact) mass is 367 g/mol. The van der Waals surface area contributed by atoms with Crippen LogP contribution in [0.3, 0.4) is 0 Å². The number of unbranched alkanes of at least 4 members (excludes halogenated alkanes) is 12. The van der Waals surface area contributed by atoms with Gasteiger partial charge in [-0.15, -0.1) is 0 Å². The molecule has 0 atom stereocenters. The van der Waals surface area contributed by atoms with Crippen molar-refractivity contribution >= 4 is 12.1 Å². The average Bonchev–Trinajstić information content (AvgIpc) is 2.64. The summed E-state index contributed by atoms with van der Waals surface area (Å²) in [6.45, 7) is 2.82. The second-order valence-corrected chi connectivity index (χ2v) is 6.92. The molecule has 6 heteroatoms. The summed E-state index contributed by atoms with van der Waals surface area (Å²) in [6, 6.07) is 0. The number of rotatable bonds is 16. The van der Waals surface area contributed by atoms with Crippen molar-refractivity contribution in [2.45, 2.75) is 96.8 Å². The van der Waals surface area contributed by atoms with E-state index >= 15 is 0 Å². The van der Waals surface area contributed by atoms with Crippen LogP contribution in [0.1, 0.15) is 96.8 Å². The van der Waals surface area contributed by atoms with Crippen molar-refractivity contribution < 1.29 is 14.5 Å². The highest BCUT2D eigenvalue weighted by atomic mass is 16.9. The zero-order valence-corrected chi connectivity index (χ0v) is 16.5. The van der Waals surface area contributed by atoms with E-state index in [9.17, 15) is 4.79 Å². The molecule has 6 nitrogen and oxygen atoms in total. The van der Waals surface area contributed by atoms with Crippen molar-refractivity contribution in [2.24, 2.45) is 10.9 Å². The molecule has 26 heavy (non-hydrogen) atoms. The zero-order valence-electron chi connectivity index (χ0n) is 16.5. The number of hydrogen-bond donors (Lipinski definition) is 1. The third-order valence-corrected chi connectivity index (χ3v) is 4.53. The maximum atomic E-state index is 10.9. The van der Waals surface area contributed by atoms with E-state index in [2.05, 4.69) is 29.1 Å². The lowest BCUT2D eigenvalue weighted by Crippen LogP contribution is -2.42. The molecule has 0 aromatic carbocycles. The van der Waals surface area contributed by atoms with Crippen LogP contribution < -0.4 is 5.73 Å². The number of oxime groups is 1. The van der Waals surface area contributed by atoms with Crippen LogP contribution in [0.2, 0.25) is 0 Å². The maximum Gasteiger partial charge on any atom is 0.560 e. The minimum absolute atomic E-state index is 0.0948. The number of hydroxylamine groups is 2. The topological polar surface area (TPSA) is 77.1 Å². The predicted octanol–water partition coefficient (Wildman–Crippen LogP) is 5.64. The van der Waals surface area contributed by atoms with Gasteiger partial charge in [-0.1, -0.05) is 76.9 Å². The quantitative estimate of drug-likeness (QED) is 0.217. The molecule has 0 bridgehead atoms. The van der Waals surface area contributed by atoms with Gasteiger partial charge in [-0.2, -0.15) is 9.86 Å². The van der Waals surface area contributed by atoms with Crippen molar-refractivity contribution in [1.82, 2.24) is 5.06 Å². The van der Waals surface area contributed by atoms with Gasteiger partial charge >= 0.3 is 6.16 Å². The smallest absolute Gasteiger partial charge is 0.365 e. The molecule has 1 aliphatic rings. The third kappa shape index (κ3) is 11.8. The lowest BCUT2D eigenvalue weighted by molar-refractivity contribution is -0.0969. The SMILES string of the molecule is CCCCCCCC/C=C/CCCCCCCCN1OC(=O)ON=C1N. The van der Waals surface area contributed by atoms with Crippen LogP contribution in [0, 0.1) is 0 Å². The Balaban J connectivity index is 1.82. The summed E-state index contributed by atoms with van der Waals surface area (Å²) in [5.41, 5.74) is 5.57. The van der Waals surface area contributed by atoms with E-state index in [4.69, 9.17) is 10.6 Å². The van der Waals surface area contributed by atoms with E-state index in [0.717, 1.165) is 12.8 Å². The molecule has 150 valence electrons. The first kappa shape index (κ1) is 22.3. The fraction of sp³-hybridized carbons (Fsp3) is 0.800. The first-order valence-corrected chi connectivity index (χ1v) is 10.4. The van der Waals surface area contributed by atoms with Crippen molar-refractivity contribution in [2.75, 3.05) is 6.54 Å². The largest absolute Gasteiger partial charge is 0.560 e. The van der Waals surface area contributed by atoms with Gasteiger partial charge in [-0.25, -0.2) is 0 Å². The van der Waals surface area contributed by atoms with Crippen molar-refractivity contribution in [3.8, 4) is 0 Å². The van der Waals surface area contributed by atoms with E-state index in [0.29, 0.717) is 6.54 Å². The normalized spacial score (nSPS) is 14.4. The van der Waals surface area contributed by atoms with Crippen LogP contribution in [0.5, 0.6) is 0 Å². The standard InChI is InChI=1S/C20H37N3O3/c1-2-3-4-5-6-7-8-9-10-11-12-13-14-15-16-17-18-23-19(21)22-25-20(24)26-23/h9-10H,2-8,11-18H2,1H3,(H2,21,22)/b10-9+. The first-order chi connectivity index (χ1) is 12.7. The van der Waals surface area contributed by atoms with Gasteiger partial charge in [-0.3, -0.25) is 4.84 Å². The number of carbonyl (C=O) groups is 1. The van der Waals surface area contributed by atoms with Gasteiger partial charge in [0, 0.05) is 0 Å². The number of nitrogens with zero attached hydrogens (tertiary/aromatic N) is 2. The van der Waals surface area contributed by atoms with Gasteiger partial charge < -0.3 is 10.6 Å². The Hall–Kier alpha value is -1.72. The van der Waals surface area contributed by atoms with Gasteiger partial charge in [0.25, 0.3) is 5.96 Å². The Morgan fingerprint density at radius 3 is 2.04 bits per heavy atom. The van der Waals surface area contributed by atoms with Gasteiger partial charge in [0.15, 0.2) is 0 Å². The molecular formula is C20H37N3O3. The van der Waals surface area contributed by atoms with Gasteiger partial charge in [0.05, 0.1) is 6.54 Å². The average molecular weight is 368 g/mol. The summed E-state index contributed by atoms with van der Waals surface area (Å²) in [6.07, 6.45) is 21.5. The molecule has 2 N–H and O–H groups in total. The first-order valence-electron chi connectivity index (χ1n) is 10.4. The van der Waals surface area contributed by atoms with Crippen LogP contribution >= 0.6 is 0 Å². The molecule has 0 radical (unpaired) electrons. The van der Waals surface area contributed by atoms with Crippen LogP contribution in [0.25, 0.3) is 0 Å². The highest BCUT2D eigenvalue weighted by molar-refractivity contribution is 5.80. The number of carbonyl (C=O) groups excluding carboxylic acids is 1. The third-order valence-electron chi connectivity index (χ3n) is 4.53.